The van der Waals surface area contributed by atoms with E-state index in [1.807, 2.05) is 18.2 Å². The van der Waals surface area contributed by atoms with E-state index in [1.165, 1.54) is 11.1 Å². The van der Waals surface area contributed by atoms with Crippen LogP contribution >= 0.6 is 0 Å². The second-order valence-corrected chi connectivity index (χ2v) is 3.45. The van der Waals surface area contributed by atoms with Gasteiger partial charge in [-0.3, -0.25) is 4.79 Å². The van der Waals surface area contributed by atoms with Crippen molar-refractivity contribution in [2.24, 2.45) is 0 Å². The number of ether oxygens (including phenoxy) is 1. The average molecular weight is 188 g/mol. The smallest absolute Gasteiger partial charge is 0.160 e. The number of carbonyl (C=O) groups excluding carboxylic acids is 1. The van der Waals surface area contributed by atoms with Crippen LogP contribution in [0.15, 0.2) is 42.2 Å². The third-order valence-corrected chi connectivity index (χ3v) is 2.30. The van der Waals surface area contributed by atoms with Crippen molar-refractivity contribution < 1.29 is 9.53 Å². The van der Waals surface area contributed by atoms with Crippen molar-refractivity contribution in [2.75, 3.05) is 0 Å². The van der Waals surface area contributed by atoms with E-state index in [1.54, 1.807) is 6.26 Å². The number of aldehydes is 1. The van der Waals surface area contributed by atoms with Crippen LogP contribution in [0.4, 0.5) is 0 Å². The molecule has 1 aromatic rings. The van der Waals surface area contributed by atoms with Gasteiger partial charge in [0.25, 0.3) is 0 Å². The highest BCUT2D eigenvalue weighted by molar-refractivity contribution is 5.57. The van der Waals surface area contributed by atoms with Crippen LogP contribution in [0.3, 0.4) is 0 Å². The van der Waals surface area contributed by atoms with Crippen LogP contribution in [-0.4, -0.2) is 12.4 Å². The molecule has 1 unspecified atom stereocenters. The van der Waals surface area contributed by atoms with Crippen LogP contribution in [0.5, 0.6) is 0 Å². The highest BCUT2D eigenvalue weighted by Crippen LogP contribution is 2.20. The molecule has 1 aromatic carbocycles. The Morgan fingerprint density at radius 2 is 2.14 bits per heavy atom. The summed E-state index contributed by atoms with van der Waals surface area (Å²) in [4.78, 5) is 10.4. The summed E-state index contributed by atoms with van der Waals surface area (Å²) in [6.45, 7) is 0. The van der Waals surface area contributed by atoms with E-state index in [0.717, 1.165) is 19.1 Å². The Morgan fingerprint density at radius 1 is 1.36 bits per heavy atom. The molecule has 1 aliphatic heterocycles. The van der Waals surface area contributed by atoms with E-state index < -0.39 is 0 Å². The first-order valence-electron chi connectivity index (χ1n) is 4.71. The van der Waals surface area contributed by atoms with Crippen molar-refractivity contribution in [2.45, 2.75) is 18.9 Å². The lowest BCUT2D eigenvalue weighted by atomic mass is 10.0. The summed E-state index contributed by atoms with van der Waals surface area (Å²) < 4.78 is 5.16. The molecule has 0 bridgehead atoms. The largest absolute Gasteiger partial charge is 0.490 e. The van der Waals surface area contributed by atoms with Crippen molar-refractivity contribution >= 4 is 6.29 Å². The van der Waals surface area contributed by atoms with Crippen LogP contribution in [0.2, 0.25) is 0 Å². The highest BCUT2D eigenvalue weighted by Gasteiger charge is 2.17. The van der Waals surface area contributed by atoms with Crippen molar-refractivity contribution in [1.82, 2.24) is 0 Å². The fraction of sp³-hybridized carbons (Fsp3) is 0.250. The second-order valence-electron chi connectivity index (χ2n) is 3.45. The molecule has 1 atom stereocenters. The summed E-state index contributed by atoms with van der Waals surface area (Å²) in [6, 6.07) is 10.2. The zero-order valence-electron chi connectivity index (χ0n) is 7.85. The van der Waals surface area contributed by atoms with Crippen LogP contribution in [0, 0.1) is 0 Å². The fourth-order valence-electron chi connectivity index (χ4n) is 1.59. The number of rotatable bonds is 3. The minimum atomic E-state index is -0.256. The molecule has 0 N–H and O–H groups in total. The van der Waals surface area contributed by atoms with Crippen LogP contribution in [0.1, 0.15) is 12.0 Å². The molecule has 0 amide bonds. The van der Waals surface area contributed by atoms with Crippen molar-refractivity contribution in [3.05, 3.63) is 47.7 Å². The predicted octanol–water partition coefficient (Wildman–Crippen LogP) is 2.10. The second kappa shape index (κ2) is 4.09. The third-order valence-electron chi connectivity index (χ3n) is 2.30. The van der Waals surface area contributed by atoms with Crippen LogP contribution in [0.25, 0.3) is 0 Å². The van der Waals surface area contributed by atoms with E-state index in [9.17, 15) is 4.79 Å². The Kier molecular flexibility index (Phi) is 2.63. The highest BCUT2D eigenvalue weighted by atomic mass is 16.5. The van der Waals surface area contributed by atoms with Gasteiger partial charge in [0.15, 0.2) is 12.4 Å². The van der Waals surface area contributed by atoms with Gasteiger partial charge in [0.1, 0.15) is 0 Å². The lowest BCUT2D eigenvalue weighted by molar-refractivity contribution is -0.114. The van der Waals surface area contributed by atoms with E-state index in [-0.39, 0.29) is 6.10 Å². The van der Waals surface area contributed by atoms with E-state index in [0.29, 0.717) is 0 Å². The molecular weight excluding hydrogens is 176 g/mol. The van der Waals surface area contributed by atoms with Gasteiger partial charge in [0, 0.05) is 6.42 Å². The SMILES string of the molecule is O=CC1CC(Cc2ccccc2)=CO1. The Balaban J connectivity index is 1.97. The summed E-state index contributed by atoms with van der Waals surface area (Å²) in [6.07, 6.45) is 3.93. The molecule has 0 saturated carbocycles. The van der Waals surface area contributed by atoms with Crippen LogP contribution in [-0.2, 0) is 16.0 Å². The first-order chi connectivity index (χ1) is 6.88. The molecule has 2 heteroatoms. The van der Waals surface area contributed by atoms with Gasteiger partial charge in [-0.15, -0.1) is 0 Å². The van der Waals surface area contributed by atoms with Gasteiger partial charge in [-0.25, -0.2) is 0 Å². The molecule has 2 nitrogen and oxygen atoms in total. The van der Waals surface area contributed by atoms with E-state index in [2.05, 4.69) is 12.1 Å². The van der Waals surface area contributed by atoms with Gasteiger partial charge < -0.3 is 4.74 Å². The van der Waals surface area contributed by atoms with Gasteiger partial charge in [-0.2, -0.15) is 0 Å². The first-order valence-corrected chi connectivity index (χ1v) is 4.71. The monoisotopic (exact) mass is 188 g/mol. The Labute approximate surface area is 83.2 Å². The minimum absolute atomic E-state index is 0.256. The average Bonchev–Trinajstić information content (AvgIpc) is 2.67. The van der Waals surface area contributed by atoms with Crippen molar-refractivity contribution in [3.8, 4) is 0 Å². The quantitative estimate of drug-likeness (QED) is 0.679. The Morgan fingerprint density at radius 3 is 2.79 bits per heavy atom. The number of hydrogen-bond acceptors (Lipinski definition) is 2. The number of benzene rings is 1. The van der Waals surface area contributed by atoms with Gasteiger partial charge in [-0.05, 0) is 17.6 Å². The van der Waals surface area contributed by atoms with Crippen molar-refractivity contribution in [3.63, 3.8) is 0 Å². The molecule has 72 valence electrons. The maximum atomic E-state index is 10.4. The van der Waals surface area contributed by atoms with Gasteiger partial charge in [0.2, 0.25) is 0 Å². The summed E-state index contributed by atoms with van der Waals surface area (Å²) >= 11 is 0. The third kappa shape index (κ3) is 2.02. The summed E-state index contributed by atoms with van der Waals surface area (Å²) in [5.41, 5.74) is 2.45. The van der Waals surface area contributed by atoms with E-state index >= 15 is 0 Å². The molecule has 2 rings (SSSR count). The summed E-state index contributed by atoms with van der Waals surface area (Å²) in [7, 11) is 0. The zero-order chi connectivity index (χ0) is 9.80. The zero-order valence-corrected chi connectivity index (χ0v) is 7.85. The Hall–Kier alpha value is -1.57. The van der Waals surface area contributed by atoms with Crippen molar-refractivity contribution in [1.29, 1.82) is 0 Å². The molecule has 1 aliphatic rings. The molecule has 0 aliphatic carbocycles. The molecule has 0 fully saturated rings. The molecule has 0 saturated heterocycles. The molecule has 1 heterocycles. The predicted molar refractivity (Wildman–Crippen MR) is 53.8 cm³/mol. The number of carbonyl (C=O) groups is 1. The maximum absolute atomic E-state index is 10.4. The molecule has 0 aromatic heterocycles. The van der Waals surface area contributed by atoms with Gasteiger partial charge in [-0.1, -0.05) is 30.3 Å². The standard InChI is InChI=1S/C12H12O2/c13-8-12-7-11(9-14-12)6-10-4-2-1-3-5-10/h1-5,8-9,12H,6-7H2. The number of hydrogen-bond donors (Lipinski definition) is 0. The van der Waals surface area contributed by atoms with Crippen LogP contribution < -0.4 is 0 Å². The minimum Gasteiger partial charge on any atom is -0.490 e. The van der Waals surface area contributed by atoms with E-state index in [4.69, 9.17) is 4.74 Å². The topological polar surface area (TPSA) is 26.3 Å². The Bertz CT molecular complexity index is 341. The lowest BCUT2D eigenvalue weighted by Gasteiger charge is -2.01. The first kappa shape index (κ1) is 9.00. The fourth-order valence-corrected chi connectivity index (χ4v) is 1.59. The molecule has 14 heavy (non-hydrogen) atoms. The molecular formula is C12H12O2. The summed E-state index contributed by atoms with van der Waals surface area (Å²) in [5, 5.41) is 0. The maximum Gasteiger partial charge on any atom is 0.160 e. The molecule has 0 spiro atoms. The lowest BCUT2D eigenvalue weighted by Crippen LogP contribution is -2.06. The molecule has 0 radical (unpaired) electrons. The van der Waals surface area contributed by atoms with Gasteiger partial charge >= 0.3 is 0 Å². The normalized spacial score (nSPS) is 20.0. The van der Waals surface area contributed by atoms with Gasteiger partial charge in [0.05, 0.1) is 6.26 Å². The summed E-state index contributed by atoms with van der Waals surface area (Å²) in [5.74, 6) is 0.